The maximum absolute atomic E-state index is 2.58. The van der Waals surface area contributed by atoms with Crippen LogP contribution in [0.5, 0.6) is 0 Å². The Bertz CT molecular complexity index is 1440. The molecule has 0 aliphatic carbocycles. The lowest BCUT2D eigenvalue weighted by Crippen LogP contribution is -2.54. The molecule has 2 heteroatoms. The summed E-state index contributed by atoms with van der Waals surface area (Å²) in [6.45, 7) is 6.38. The van der Waals surface area contributed by atoms with Gasteiger partial charge in [-0.3, -0.25) is 9.38 Å². The Morgan fingerprint density at radius 1 is 0.667 bits per heavy atom. The Hall–Kier alpha value is -3.62. The zero-order valence-corrected chi connectivity index (χ0v) is 19.5. The molecule has 0 spiro atoms. The SMILES string of the molecule is Cc1cccc(C)c1[N+]1(C)Cc2ccccc2N(c2c3ccccc3cc3ccccc23)C1. The van der Waals surface area contributed by atoms with Crippen LogP contribution >= 0.6 is 0 Å². The van der Waals surface area contributed by atoms with E-state index in [4.69, 9.17) is 0 Å². The van der Waals surface area contributed by atoms with Crippen molar-refractivity contribution in [1.82, 2.24) is 4.48 Å². The first-order valence-electron chi connectivity index (χ1n) is 11.7. The Morgan fingerprint density at radius 2 is 1.24 bits per heavy atom. The van der Waals surface area contributed by atoms with Gasteiger partial charge in [-0.05, 0) is 36.8 Å². The molecule has 0 amide bonds. The van der Waals surface area contributed by atoms with Crippen molar-refractivity contribution in [2.24, 2.45) is 0 Å². The van der Waals surface area contributed by atoms with Gasteiger partial charge in [-0.15, -0.1) is 0 Å². The number of hydrogen-bond acceptors (Lipinski definition) is 1. The minimum Gasteiger partial charge on any atom is -0.292 e. The number of para-hydroxylation sites is 2. The topological polar surface area (TPSA) is 3.24 Å². The Labute approximate surface area is 195 Å². The van der Waals surface area contributed by atoms with Crippen LogP contribution in [0.3, 0.4) is 0 Å². The highest BCUT2D eigenvalue weighted by Crippen LogP contribution is 2.45. The predicted octanol–water partition coefficient (Wildman–Crippen LogP) is 7.86. The number of quaternary nitrogens is 1. The third-order valence-electron chi connectivity index (χ3n) is 7.25. The molecule has 2 nitrogen and oxygen atoms in total. The van der Waals surface area contributed by atoms with E-state index in [1.54, 1.807) is 0 Å². The summed E-state index contributed by atoms with van der Waals surface area (Å²) in [7, 11) is 2.39. The van der Waals surface area contributed by atoms with Gasteiger partial charge in [0.15, 0.2) is 6.67 Å². The average molecular weight is 430 g/mol. The number of nitrogens with zero attached hydrogens (tertiary/aromatic N) is 2. The zero-order valence-electron chi connectivity index (χ0n) is 19.5. The summed E-state index contributed by atoms with van der Waals surface area (Å²) in [5, 5.41) is 5.19. The lowest BCUT2D eigenvalue weighted by molar-refractivity contribution is 0.314. The van der Waals surface area contributed by atoms with Crippen molar-refractivity contribution in [1.29, 1.82) is 0 Å². The molecule has 0 N–H and O–H groups in total. The summed E-state index contributed by atoms with van der Waals surface area (Å²) in [5.74, 6) is 0. The maximum Gasteiger partial charge on any atom is 0.163 e. The second-order valence-electron chi connectivity index (χ2n) is 9.66. The molecule has 1 heterocycles. The first-order valence-corrected chi connectivity index (χ1v) is 11.7. The number of rotatable bonds is 2. The summed E-state index contributed by atoms with van der Waals surface area (Å²) < 4.78 is 0.854. The van der Waals surface area contributed by atoms with Crippen LogP contribution in [-0.2, 0) is 6.54 Å². The number of fused-ring (bicyclic) bond motifs is 3. The molecule has 1 aliphatic heterocycles. The highest BCUT2D eigenvalue weighted by molar-refractivity contribution is 6.12. The van der Waals surface area contributed by atoms with Crippen LogP contribution < -0.4 is 9.38 Å². The molecule has 1 aliphatic rings. The zero-order chi connectivity index (χ0) is 22.6. The van der Waals surface area contributed by atoms with E-state index in [1.165, 1.54) is 55.3 Å². The molecule has 0 aromatic heterocycles. The summed E-state index contributed by atoms with van der Waals surface area (Å²) in [4.78, 5) is 2.58. The van der Waals surface area contributed by atoms with E-state index in [9.17, 15) is 0 Å². The highest BCUT2D eigenvalue weighted by Gasteiger charge is 2.38. The minimum absolute atomic E-state index is 0.854. The quantitative estimate of drug-likeness (QED) is 0.204. The van der Waals surface area contributed by atoms with Crippen molar-refractivity contribution >= 4 is 38.6 Å². The van der Waals surface area contributed by atoms with Crippen molar-refractivity contribution in [2.45, 2.75) is 20.4 Å². The summed E-state index contributed by atoms with van der Waals surface area (Å²) in [6.07, 6.45) is 0. The summed E-state index contributed by atoms with van der Waals surface area (Å²) in [6, 6.07) is 35.6. The van der Waals surface area contributed by atoms with E-state index < -0.39 is 0 Å². The first kappa shape index (κ1) is 20.0. The van der Waals surface area contributed by atoms with E-state index in [0.29, 0.717) is 0 Å². The van der Waals surface area contributed by atoms with E-state index in [-0.39, 0.29) is 0 Å². The lowest BCUT2D eigenvalue weighted by atomic mass is 9.97. The van der Waals surface area contributed by atoms with E-state index in [1.807, 2.05) is 0 Å². The Kier molecular flexibility index (Phi) is 4.53. The van der Waals surface area contributed by atoms with E-state index in [2.05, 4.69) is 123 Å². The molecule has 162 valence electrons. The van der Waals surface area contributed by atoms with Gasteiger partial charge in [0, 0.05) is 27.5 Å². The predicted molar refractivity (Wildman–Crippen MR) is 142 cm³/mol. The van der Waals surface area contributed by atoms with Gasteiger partial charge in [0.2, 0.25) is 0 Å². The molecule has 0 saturated heterocycles. The molecule has 1 unspecified atom stereocenters. The van der Waals surface area contributed by atoms with E-state index >= 15 is 0 Å². The number of hydrogen-bond donors (Lipinski definition) is 0. The maximum atomic E-state index is 2.58. The molecule has 6 rings (SSSR count). The summed E-state index contributed by atoms with van der Waals surface area (Å²) in [5.41, 5.74) is 8.18. The smallest absolute Gasteiger partial charge is 0.163 e. The Morgan fingerprint density at radius 3 is 1.91 bits per heavy atom. The van der Waals surface area contributed by atoms with Gasteiger partial charge < -0.3 is 0 Å². The number of anilines is 2. The molecule has 5 aromatic carbocycles. The molecule has 0 saturated carbocycles. The van der Waals surface area contributed by atoms with Gasteiger partial charge >= 0.3 is 0 Å². The van der Waals surface area contributed by atoms with Crippen molar-refractivity contribution in [2.75, 3.05) is 18.6 Å². The van der Waals surface area contributed by atoms with Gasteiger partial charge in [-0.1, -0.05) is 84.9 Å². The highest BCUT2D eigenvalue weighted by atomic mass is 15.5. The van der Waals surface area contributed by atoms with Gasteiger partial charge in [-0.2, -0.15) is 0 Å². The summed E-state index contributed by atoms with van der Waals surface area (Å²) >= 11 is 0. The fourth-order valence-corrected chi connectivity index (χ4v) is 6.00. The number of benzene rings is 5. The van der Waals surface area contributed by atoms with Crippen LogP contribution in [0.2, 0.25) is 0 Å². The van der Waals surface area contributed by atoms with Gasteiger partial charge in [-0.25, -0.2) is 0 Å². The van der Waals surface area contributed by atoms with E-state index in [0.717, 1.165) is 17.7 Å². The number of aryl methyl sites for hydroxylation is 2. The third kappa shape index (κ3) is 3.13. The second-order valence-corrected chi connectivity index (χ2v) is 9.66. The largest absolute Gasteiger partial charge is 0.292 e. The monoisotopic (exact) mass is 429 g/mol. The molecule has 0 bridgehead atoms. The standard InChI is InChI=1S/C31H29N2/c1-22-11-10-12-23(2)31(22)33(3)20-26-15-6-9-18-29(26)32(21-33)30-27-16-7-4-13-24(27)19-25-14-5-8-17-28(25)30/h4-19H,20-21H2,1-3H3/q+1. The Balaban J connectivity index is 1.67. The van der Waals surface area contributed by atoms with Crippen molar-refractivity contribution < 1.29 is 0 Å². The minimum atomic E-state index is 0.854. The molecular formula is C31H29N2+. The van der Waals surface area contributed by atoms with Gasteiger partial charge in [0.1, 0.15) is 12.2 Å². The van der Waals surface area contributed by atoms with Crippen LogP contribution in [0.4, 0.5) is 17.1 Å². The van der Waals surface area contributed by atoms with Gasteiger partial charge in [0.25, 0.3) is 0 Å². The molecule has 5 aromatic rings. The average Bonchev–Trinajstić information content (AvgIpc) is 2.82. The van der Waals surface area contributed by atoms with Crippen LogP contribution in [0.25, 0.3) is 21.5 Å². The van der Waals surface area contributed by atoms with Crippen LogP contribution in [0.1, 0.15) is 16.7 Å². The molecule has 33 heavy (non-hydrogen) atoms. The molecule has 0 radical (unpaired) electrons. The normalized spacial score (nSPS) is 18.0. The van der Waals surface area contributed by atoms with Gasteiger partial charge in [0.05, 0.1) is 18.4 Å². The second kappa shape index (κ2) is 7.47. The first-order chi connectivity index (χ1) is 16.0. The molecule has 1 atom stereocenters. The fraction of sp³-hybridized carbons (Fsp3) is 0.161. The lowest BCUT2D eigenvalue weighted by Gasteiger charge is -2.45. The van der Waals surface area contributed by atoms with Crippen LogP contribution in [0, 0.1) is 13.8 Å². The molecular weight excluding hydrogens is 400 g/mol. The van der Waals surface area contributed by atoms with Crippen molar-refractivity contribution in [3.8, 4) is 0 Å². The van der Waals surface area contributed by atoms with Crippen molar-refractivity contribution in [3.63, 3.8) is 0 Å². The van der Waals surface area contributed by atoms with Crippen LogP contribution in [0.15, 0.2) is 97.1 Å². The fourth-order valence-electron chi connectivity index (χ4n) is 6.00. The van der Waals surface area contributed by atoms with Crippen molar-refractivity contribution in [3.05, 3.63) is 114 Å². The molecule has 0 fully saturated rings. The van der Waals surface area contributed by atoms with Crippen LogP contribution in [-0.4, -0.2) is 13.7 Å². The third-order valence-corrected chi connectivity index (χ3v) is 7.25.